The van der Waals surface area contributed by atoms with Gasteiger partial charge in [0.25, 0.3) is 0 Å². The minimum Gasteiger partial charge on any atom is -0.480 e. The number of hydrogen-bond donors (Lipinski definition) is 3. The van der Waals surface area contributed by atoms with Gasteiger partial charge in [0, 0.05) is 64.8 Å². The molecule has 1 atom stereocenters. The highest BCUT2D eigenvalue weighted by molar-refractivity contribution is 5.81. The van der Waals surface area contributed by atoms with Crippen LogP contribution < -0.4 is 10.6 Å². The van der Waals surface area contributed by atoms with E-state index in [-0.39, 0.29) is 75.5 Å². The lowest BCUT2D eigenvalue weighted by molar-refractivity contribution is -0.158. The van der Waals surface area contributed by atoms with Crippen molar-refractivity contribution in [3.63, 3.8) is 0 Å². The van der Waals surface area contributed by atoms with Crippen LogP contribution in [0.1, 0.15) is 98.6 Å². The number of carbonyl (C=O) groups is 6. The first-order chi connectivity index (χ1) is 30.9. The molecule has 17 heteroatoms. The van der Waals surface area contributed by atoms with Crippen LogP contribution in [0.15, 0.2) is 48.5 Å². The van der Waals surface area contributed by atoms with Gasteiger partial charge in [0.15, 0.2) is 0 Å². The number of hydrogen-bond acceptors (Lipinski definition) is 14. The molecule has 2 aromatic rings. The fourth-order valence-corrected chi connectivity index (χ4v) is 7.88. The first-order valence-corrected chi connectivity index (χ1v) is 23.1. The Labute approximate surface area is 390 Å². The van der Waals surface area contributed by atoms with E-state index in [0.29, 0.717) is 65.2 Å². The molecule has 0 aromatic heterocycles. The van der Waals surface area contributed by atoms with E-state index in [2.05, 4.69) is 10.6 Å². The predicted octanol–water partition coefficient (Wildman–Crippen LogP) is 4.51. The zero-order chi connectivity index (χ0) is 48.7. The van der Waals surface area contributed by atoms with Crippen molar-refractivity contribution in [1.29, 1.82) is 0 Å². The number of benzene rings is 2. The van der Waals surface area contributed by atoms with Crippen LogP contribution in [-0.4, -0.2) is 175 Å². The van der Waals surface area contributed by atoms with E-state index >= 15 is 0 Å². The van der Waals surface area contributed by atoms with Crippen molar-refractivity contribution < 1.29 is 52.8 Å². The van der Waals surface area contributed by atoms with Crippen LogP contribution in [0, 0.1) is 0 Å². The van der Waals surface area contributed by atoms with Gasteiger partial charge in [-0.3, -0.25) is 38.8 Å². The zero-order valence-electron chi connectivity index (χ0n) is 40.6. The summed E-state index contributed by atoms with van der Waals surface area (Å²) in [6.45, 7) is 20.0. The number of esters is 3. The maximum atomic E-state index is 13.4. The molecule has 66 heavy (non-hydrogen) atoms. The number of carbonyl (C=O) groups excluding carboxylic acids is 5. The molecule has 1 heterocycles. The maximum absolute atomic E-state index is 13.4. The van der Waals surface area contributed by atoms with E-state index in [1.165, 1.54) is 0 Å². The van der Waals surface area contributed by atoms with Gasteiger partial charge < -0.3 is 34.7 Å². The van der Waals surface area contributed by atoms with Gasteiger partial charge in [-0.2, -0.15) is 0 Å². The molecule has 0 radical (unpaired) electrons. The van der Waals surface area contributed by atoms with Crippen LogP contribution in [0.5, 0.6) is 0 Å². The van der Waals surface area contributed by atoms with E-state index in [0.717, 1.165) is 22.3 Å². The number of unbranched alkanes of at least 4 members (excludes halogenated alkanes) is 1. The molecule has 0 unspecified atom stereocenters. The van der Waals surface area contributed by atoms with Gasteiger partial charge in [0.05, 0.1) is 26.2 Å². The number of rotatable bonds is 17. The fourth-order valence-electron chi connectivity index (χ4n) is 7.88. The maximum Gasteiger partial charge on any atom is 0.407 e. The number of nitrogens with one attached hydrogen (secondary N) is 2. The normalized spacial score (nSPS) is 16.7. The minimum atomic E-state index is -1.18. The van der Waals surface area contributed by atoms with Gasteiger partial charge in [-0.25, -0.2) is 9.59 Å². The summed E-state index contributed by atoms with van der Waals surface area (Å²) in [5.74, 6) is -2.74. The van der Waals surface area contributed by atoms with E-state index < -0.39 is 34.9 Å². The van der Waals surface area contributed by atoms with Crippen LogP contribution >= 0.6 is 0 Å². The molecule has 1 aliphatic carbocycles. The lowest BCUT2D eigenvalue weighted by Gasteiger charge is -2.34. The predicted molar refractivity (Wildman–Crippen MR) is 250 cm³/mol. The number of ether oxygens (including phenoxy) is 4. The third-order valence-electron chi connectivity index (χ3n) is 10.8. The van der Waals surface area contributed by atoms with E-state index in [1.807, 2.05) is 130 Å². The summed E-state index contributed by atoms with van der Waals surface area (Å²) >= 11 is 0. The van der Waals surface area contributed by atoms with Gasteiger partial charge in [-0.15, -0.1) is 0 Å². The number of alkyl carbamates (subject to hydrolysis) is 1. The van der Waals surface area contributed by atoms with E-state index in [4.69, 9.17) is 18.9 Å². The molecule has 366 valence electrons. The molecule has 2 amide bonds. The molecular formula is C49H74N6O11. The lowest BCUT2D eigenvalue weighted by Crippen LogP contribution is -2.50. The van der Waals surface area contributed by atoms with Crippen LogP contribution in [-0.2, 0) is 42.9 Å². The Balaban J connectivity index is 1.33. The lowest BCUT2D eigenvalue weighted by atomic mass is 9.98. The Morgan fingerprint density at radius 3 is 1.35 bits per heavy atom. The fraction of sp³-hybridized carbons (Fsp3) is 0.633. The number of aliphatic carboxylic acids is 1. The second kappa shape index (κ2) is 24.6. The van der Waals surface area contributed by atoms with Gasteiger partial charge in [0.2, 0.25) is 5.91 Å². The van der Waals surface area contributed by atoms with Crippen LogP contribution in [0.25, 0.3) is 11.1 Å². The molecule has 0 bridgehead atoms. The largest absolute Gasteiger partial charge is 0.480 e. The Hall–Kier alpha value is -5.10. The summed E-state index contributed by atoms with van der Waals surface area (Å²) in [5, 5.41) is 15.3. The number of carboxylic acids is 1. The highest BCUT2D eigenvalue weighted by Gasteiger charge is 2.31. The SMILES string of the molecule is CC(C)(C)OC(=O)CN1CCN(CC(=O)NCCCC[C@@H](NC(=O)OCC2c3ccccc3-c3ccccc32)C(=O)O)CCN(CC(=O)OC(C)(C)C)CCN(CC(=O)OC(C)(C)C)CC1. The smallest absolute Gasteiger partial charge is 0.407 e. The molecule has 1 saturated heterocycles. The molecule has 0 spiro atoms. The summed E-state index contributed by atoms with van der Waals surface area (Å²) in [4.78, 5) is 85.3. The summed E-state index contributed by atoms with van der Waals surface area (Å²) in [6.07, 6.45) is 0.206. The number of nitrogens with zero attached hydrogens (tertiary/aromatic N) is 4. The molecule has 2 aromatic carbocycles. The van der Waals surface area contributed by atoms with Gasteiger partial charge in [0.1, 0.15) is 29.5 Å². The van der Waals surface area contributed by atoms with Gasteiger partial charge in [-0.05, 0) is 104 Å². The summed E-state index contributed by atoms with van der Waals surface area (Å²) < 4.78 is 22.5. The van der Waals surface area contributed by atoms with E-state index in [1.54, 1.807) is 0 Å². The van der Waals surface area contributed by atoms with Crippen molar-refractivity contribution in [3.8, 4) is 11.1 Å². The molecule has 2 aliphatic rings. The third kappa shape index (κ3) is 19.4. The Morgan fingerprint density at radius 1 is 0.591 bits per heavy atom. The van der Waals surface area contributed by atoms with E-state index in [9.17, 15) is 33.9 Å². The van der Waals surface area contributed by atoms with Crippen molar-refractivity contribution in [1.82, 2.24) is 30.2 Å². The van der Waals surface area contributed by atoms with Crippen molar-refractivity contribution in [2.45, 2.75) is 110 Å². The third-order valence-corrected chi connectivity index (χ3v) is 10.8. The van der Waals surface area contributed by atoms with Crippen molar-refractivity contribution in [3.05, 3.63) is 59.7 Å². The van der Waals surface area contributed by atoms with Crippen molar-refractivity contribution >= 4 is 35.9 Å². The standard InChI is InChI=1S/C49H74N6O11/c1-47(2,3)64-42(57)31-53-24-22-52(23-25-54(32-43(58)65-48(4,5)6)27-29-55(28-26-53)33-44(59)66-49(7,8)9)30-41(56)50-21-15-14-20-40(45(60)61)51-46(62)63-34-39-37-18-12-10-16-35(37)36-17-11-13-19-38(36)39/h10-13,16-19,39-40H,14-15,20-34H2,1-9H3,(H,50,56)(H,51,62)(H,60,61)/t40-/m1/s1. The van der Waals surface area contributed by atoms with Gasteiger partial charge in [-0.1, -0.05) is 48.5 Å². The summed E-state index contributed by atoms with van der Waals surface area (Å²) in [6, 6.07) is 14.8. The quantitative estimate of drug-likeness (QED) is 0.114. The molecule has 0 saturated carbocycles. The van der Waals surface area contributed by atoms with Crippen molar-refractivity contribution in [2.75, 3.05) is 91.7 Å². The molecule has 3 N–H and O–H groups in total. The zero-order valence-corrected chi connectivity index (χ0v) is 40.6. The monoisotopic (exact) mass is 923 g/mol. The molecular weight excluding hydrogens is 849 g/mol. The first-order valence-electron chi connectivity index (χ1n) is 23.1. The average Bonchev–Trinajstić information content (AvgIpc) is 3.51. The highest BCUT2D eigenvalue weighted by Crippen LogP contribution is 2.44. The average molecular weight is 923 g/mol. The summed E-state index contributed by atoms with van der Waals surface area (Å²) in [7, 11) is 0. The van der Waals surface area contributed by atoms with Crippen molar-refractivity contribution in [2.24, 2.45) is 0 Å². The minimum absolute atomic E-state index is 0.00976. The Morgan fingerprint density at radius 2 is 0.970 bits per heavy atom. The molecule has 1 aliphatic heterocycles. The first kappa shape index (κ1) is 53.5. The topological polar surface area (TPSA) is 197 Å². The van der Waals surface area contributed by atoms with Crippen LogP contribution in [0.2, 0.25) is 0 Å². The van der Waals surface area contributed by atoms with Crippen LogP contribution in [0.4, 0.5) is 4.79 Å². The van der Waals surface area contributed by atoms with Crippen LogP contribution in [0.3, 0.4) is 0 Å². The Bertz CT molecular complexity index is 1860. The highest BCUT2D eigenvalue weighted by atomic mass is 16.6. The molecule has 4 rings (SSSR count). The second-order valence-electron chi connectivity index (χ2n) is 20.1. The second-order valence-corrected chi connectivity index (χ2v) is 20.1. The summed E-state index contributed by atoms with van der Waals surface area (Å²) in [5.41, 5.74) is 2.26. The number of carboxylic acid groups (broad SMARTS) is 1. The Kier molecular flexibility index (Phi) is 20.0. The number of amides is 2. The molecule has 1 fully saturated rings. The number of fused-ring (bicyclic) bond motifs is 3. The van der Waals surface area contributed by atoms with Gasteiger partial charge >= 0.3 is 30.0 Å². The molecule has 17 nitrogen and oxygen atoms in total.